The van der Waals surface area contributed by atoms with Crippen molar-refractivity contribution in [1.82, 2.24) is 5.32 Å². The number of carbonyl (C=O) groups excluding carboxylic acids is 1. The van der Waals surface area contributed by atoms with Gasteiger partial charge in [-0.3, -0.25) is 4.79 Å². The molecule has 3 nitrogen and oxygen atoms in total. The number of para-hydroxylation sites is 1. The Morgan fingerprint density at radius 3 is 2.83 bits per heavy atom. The van der Waals surface area contributed by atoms with E-state index in [0.29, 0.717) is 23.4 Å². The molecule has 0 bridgehead atoms. The van der Waals surface area contributed by atoms with E-state index in [-0.39, 0.29) is 30.6 Å². The molecule has 24 heavy (non-hydrogen) atoms. The van der Waals surface area contributed by atoms with Gasteiger partial charge in [-0.05, 0) is 48.6 Å². The Hall–Kier alpha value is -2.43. The number of carbonyl (C=O) groups is 1. The van der Waals surface area contributed by atoms with E-state index in [2.05, 4.69) is 5.32 Å². The summed E-state index contributed by atoms with van der Waals surface area (Å²) in [6.07, 6.45) is 1.72. The summed E-state index contributed by atoms with van der Waals surface area (Å²) >= 11 is 0. The molecule has 0 atom stereocenters. The molecule has 2 aromatic rings. The minimum atomic E-state index is -0.291. The molecule has 0 saturated heterocycles. The monoisotopic (exact) mass is 330 g/mol. The van der Waals surface area contributed by atoms with Gasteiger partial charge in [0.15, 0.2) is 0 Å². The van der Waals surface area contributed by atoms with Crippen LogP contribution in [0.25, 0.3) is 0 Å². The third kappa shape index (κ3) is 3.55. The third-order valence-corrected chi connectivity index (χ3v) is 4.32. The molecule has 0 aromatic heterocycles. The minimum Gasteiger partial charge on any atom is -0.360 e. The van der Waals surface area contributed by atoms with Crippen LogP contribution in [0.2, 0.25) is 0 Å². The number of hydrogen-bond acceptors (Lipinski definition) is 2. The van der Waals surface area contributed by atoms with Gasteiger partial charge in [0.25, 0.3) is 0 Å². The molecule has 0 unspecified atom stereocenters. The molecule has 1 aliphatic rings. The lowest BCUT2D eigenvalue weighted by atomic mass is 10.0. The molecule has 2 aromatic carbocycles. The molecule has 1 N–H and O–H groups in total. The smallest absolute Gasteiger partial charge is 0.239 e. The van der Waals surface area contributed by atoms with Crippen LogP contribution in [0.1, 0.15) is 23.1 Å². The second-order valence-electron chi connectivity index (χ2n) is 6.13. The Balaban J connectivity index is 1.63. The summed E-state index contributed by atoms with van der Waals surface area (Å²) in [7, 11) is 0. The first-order valence-electron chi connectivity index (χ1n) is 8.08. The number of nitrogens with one attached hydrogen (secondary N) is 1. The molecule has 0 saturated carbocycles. The number of rotatable bonds is 4. The zero-order chi connectivity index (χ0) is 17.1. The van der Waals surface area contributed by atoms with E-state index in [0.717, 1.165) is 18.4 Å². The van der Waals surface area contributed by atoms with Crippen LogP contribution in [0, 0.1) is 18.6 Å². The van der Waals surface area contributed by atoms with Gasteiger partial charge >= 0.3 is 0 Å². The summed E-state index contributed by atoms with van der Waals surface area (Å²) in [5.41, 5.74) is 2.75. The molecule has 1 aliphatic heterocycles. The first-order valence-corrected chi connectivity index (χ1v) is 8.08. The highest BCUT2D eigenvalue weighted by Crippen LogP contribution is 2.29. The summed E-state index contributed by atoms with van der Waals surface area (Å²) in [6, 6.07) is 9.92. The van der Waals surface area contributed by atoms with Crippen LogP contribution in [-0.4, -0.2) is 19.0 Å². The highest BCUT2D eigenvalue weighted by atomic mass is 19.1. The SMILES string of the molecule is Cc1ccc(CNC(=O)CN2CCCc3cccc(F)c32)cc1F. The Labute approximate surface area is 140 Å². The van der Waals surface area contributed by atoms with Gasteiger partial charge < -0.3 is 10.2 Å². The van der Waals surface area contributed by atoms with Crippen molar-refractivity contribution in [1.29, 1.82) is 0 Å². The summed E-state index contributed by atoms with van der Waals surface area (Å²) in [5, 5.41) is 2.77. The molecule has 126 valence electrons. The van der Waals surface area contributed by atoms with E-state index in [4.69, 9.17) is 0 Å². The topological polar surface area (TPSA) is 32.3 Å². The van der Waals surface area contributed by atoms with E-state index < -0.39 is 0 Å². The third-order valence-electron chi connectivity index (χ3n) is 4.32. The van der Waals surface area contributed by atoms with Gasteiger partial charge in [-0.1, -0.05) is 24.3 Å². The van der Waals surface area contributed by atoms with Crippen molar-refractivity contribution in [2.45, 2.75) is 26.3 Å². The van der Waals surface area contributed by atoms with Gasteiger partial charge in [-0.2, -0.15) is 0 Å². The maximum absolute atomic E-state index is 14.1. The quantitative estimate of drug-likeness (QED) is 0.932. The number of benzene rings is 2. The van der Waals surface area contributed by atoms with Crippen LogP contribution in [0.3, 0.4) is 0 Å². The number of nitrogens with zero attached hydrogens (tertiary/aromatic N) is 1. The van der Waals surface area contributed by atoms with Gasteiger partial charge in [0.2, 0.25) is 5.91 Å². The minimum absolute atomic E-state index is 0.0995. The van der Waals surface area contributed by atoms with Gasteiger partial charge in [0.05, 0.1) is 12.2 Å². The lowest BCUT2D eigenvalue weighted by molar-refractivity contribution is -0.119. The lowest BCUT2D eigenvalue weighted by Crippen LogP contribution is -2.40. The van der Waals surface area contributed by atoms with Gasteiger partial charge in [-0.15, -0.1) is 0 Å². The average Bonchev–Trinajstić information content (AvgIpc) is 2.56. The van der Waals surface area contributed by atoms with Crippen LogP contribution < -0.4 is 10.2 Å². The largest absolute Gasteiger partial charge is 0.360 e. The fourth-order valence-corrected chi connectivity index (χ4v) is 3.02. The van der Waals surface area contributed by atoms with E-state index in [1.54, 1.807) is 30.0 Å². The van der Waals surface area contributed by atoms with Crippen molar-refractivity contribution in [2.24, 2.45) is 0 Å². The fourth-order valence-electron chi connectivity index (χ4n) is 3.02. The van der Waals surface area contributed by atoms with Crippen LogP contribution in [0.5, 0.6) is 0 Å². The van der Waals surface area contributed by atoms with Crippen LogP contribution in [0.4, 0.5) is 14.5 Å². The first-order chi connectivity index (χ1) is 11.5. The van der Waals surface area contributed by atoms with E-state index in [1.165, 1.54) is 12.1 Å². The Morgan fingerprint density at radius 1 is 1.21 bits per heavy atom. The lowest BCUT2D eigenvalue weighted by Gasteiger charge is -2.31. The molecular formula is C19H20F2N2O. The van der Waals surface area contributed by atoms with Crippen molar-refractivity contribution in [3.63, 3.8) is 0 Å². The van der Waals surface area contributed by atoms with Crippen molar-refractivity contribution in [3.05, 3.63) is 64.7 Å². The maximum atomic E-state index is 14.1. The predicted molar refractivity (Wildman–Crippen MR) is 89.9 cm³/mol. The van der Waals surface area contributed by atoms with Gasteiger partial charge in [0, 0.05) is 13.1 Å². The number of aryl methyl sites for hydroxylation is 2. The van der Waals surface area contributed by atoms with Gasteiger partial charge in [0.1, 0.15) is 11.6 Å². The van der Waals surface area contributed by atoms with Crippen LogP contribution >= 0.6 is 0 Å². The average molecular weight is 330 g/mol. The molecule has 0 radical (unpaired) electrons. The van der Waals surface area contributed by atoms with E-state index in [9.17, 15) is 13.6 Å². The maximum Gasteiger partial charge on any atom is 0.239 e. The summed E-state index contributed by atoms with van der Waals surface area (Å²) in [5.74, 6) is -0.776. The predicted octanol–water partition coefficient (Wildman–Crippen LogP) is 3.34. The van der Waals surface area contributed by atoms with Crippen molar-refractivity contribution in [3.8, 4) is 0 Å². The van der Waals surface area contributed by atoms with E-state index in [1.807, 2.05) is 6.07 Å². The Bertz CT molecular complexity index is 761. The molecule has 5 heteroatoms. The second kappa shape index (κ2) is 6.99. The second-order valence-corrected chi connectivity index (χ2v) is 6.13. The summed E-state index contributed by atoms with van der Waals surface area (Å²) in [4.78, 5) is 14.0. The number of fused-ring (bicyclic) bond motifs is 1. The Morgan fingerprint density at radius 2 is 2.04 bits per heavy atom. The number of amides is 1. The molecule has 1 heterocycles. The normalized spacial score (nSPS) is 13.5. The highest BCUT2D eigenvalue weighted by Gasteiger charge is 2.22. The van der Waals surface area contributed by atoms with Gasteiger partial charge in [-0.25, -0.2) is 8.78 Å². The Kier molecular flexibility index (Phi) is 4.79. The number of hydrogen-bond donors (Lipinski definition) is 1. The molecule has 0 spiro atoms. The molecule has 0 fully saturated rings. The fraction of sp³-hybridized carbons (Fsp3) is 0.316. The summed E-state index contributed by atoms with van der Waals surface area (Å²) in [6.45, 7) is 2.71. The molecular weight excluding hydrogens is 310 g/mol. The number of halogens is 2. The number of anilines is 1. The van der Waals surface area contributed by atoms with Crippen molar-refractivity contribution < 1.29 is 13.6 Å². The molecule has 3 rings (SSSR count). The summed E-state index contributed by atoms with van der Waals surface area (Å²) < 4.78 is 27.6. The highest BCUT2D eigenvalue weighted by molar-refractivity contribution is 5.82. The van der Waals surface area contributed by atoms with Crippen molar-refractivity contribution >= 4 is 11.6 Å². The van der Waals surface area contributed by atoms with Crippen LogP contribution in [0.15, 0.2) is 36.4 Å². The van der Waals surface area contributed by atoms with Crippen LogP contribution in [-0.2, 0) is 17.8 Å². The van der Waals surface area contributed by atoms with E-state index >= 15 is 0 Å². The zero-order valence-electron chi connectivity index (χ0n) is 13.6. The zero-order valence-corrected chi connectivity index (χ0v) is 13.6. The molecule has 1 amide bonds. The molecule has 0 aliphatic carbocycles. The standard InChI is InChI=1S/C19H20F2N2O/c1-13-7-8-14(10-17(13)21)11-22-18(24)12-23-9-3-5-15-4-2-6-16(20)19(15)23/h2,4,6-8,10H,3,5,9,11-12H2,1H3,(H,22,24). The first kappa shape index (κ1) is 16.4. The van der Waals surface area contributed by atoms with Crippen molar-refractivity contribution in [2.75, 3.05) is 18.0 Å².